The molecule has 0 saturated heterocycles. The van der Waals surface area contributed by atoms with Crippen LogP contribution in [0.4, 0.5) is 0 Å². The van der Waals surface area contributed by atoms with Crippen LogP contribution in [0, 0.1) is 0 Å². The molecule has 2 atom stereocenters. The Balaban J connectivity index is 2.02. The summed E-state index contributed by atoms with van der Waals surface area (Å²) in [4.78, 5) is 12.9. The lowest BCUT2D eigenvalue weighted by molar-refractivity contribution is 0.0331. The summed E-state index contributed by atoms with van der Waals surface area (Å²) in [5.74, 6) is -0.146. The van der Waals surface area contributed by atoms with Gasteiger partial charge in [-0.1, -0.05) is 12.1 Å². The third kappa shape index (κ3) is 1.55. The van der Waals surface area contributed by atoms with Gasteiger partial charge in [0.25, 0.3) is 0 Å². The van der Waals surface area contributed by atoms with Gasteiger partial charge in [-0.05, 0) is 31.4 Å². The van der Waals surface area contributed by atoms with E-state index >= 15 is 0 Å². The lowest BCUT2D eigenvalue weighted by Gasteiger charge is -2.14. The summed E-state index contributed by atoms with van der Waals surface area (Å²) in [6.45, 7) is 0. The third-order valence-corrected chi connectivity index (χ3v) is 4.49. The number of hydrogen-bond donors (Lipinski definition) is 0. The molecule has 1 fully saturated rings. The summed E-state index contributed by atoms with van der Waals surface area (Å²) in [7, 11) is 0. The third-order valence-electron chi connectivity index (χ3n) is 3.04. The normalized spacial score (nSPS) is 28.9. The molecule has 0 unspecified atom stereocenters. The molecular formula is C12H12O2S. The summed E-state index contributed by atoms with van der Waals surface area (Å²) < 4.78 is 5.50. The number of hydrogen-bond acceptors (Lipinski definition) is 3. The highest BCUT2D eigenvalue weighted by Crippen LogP contribution is 2.40. The number of ether oxygens (including phenoxy) is 1. The van der Waals surface area contributed by atoms with Gasteiger partial charge in [-0.15, -0.1) is 11.8 Å². The second kappa shape index (κ2) is 3.56. The van der Waals surface area contributed by atoms with Gasteiger partial charge >= 0.3 is 5.97 Å². The zero-order chi connectivity index (χ0) is 10.3. The number of rotatable bonds is 0. The topological polar surface area (TPSA) is 26.3 Å². The van der Waals surface area contributed by atoms with Crippen molar-refractivity contribution in [1.82, 2.24) is 0 Å². The molecule has 1 aromatic carbocycles. The second-order valence-electron chi connectivity index (χ2n) is 4.03. The van der Waals surface area contributed by atoms with Crippen LogP contribution in [0.2, 0.25) is 0 Å². The monoisotopic (exact) mass is 220 g/mol. The molecule has 2 nitrogen and oxygen atoms in total. The number of esters is 1. The molecule has 3 rings (SSSR count). The fraction of sp³-hybridized carbons (Fsp3) is 0.417. The Bertz CT molecular complexity index is 402. The molecule has 15 heavy (non-hydrogen) atoms. The molecular weight excluding hydrogens is 208 g/mol. The van der Waals surface area contributed by atoms with Gasteiger partial charge in [0.2, 0.25) is 0 Å². The van der Waals surface area contributed by atoms with Gasteiger partial charge in [0.1, 0.15) is 6.10 Å². The highest BCUT2D eigenvalue weighted by Gasteiger charge is 2.35. The number of carbonyl (C=O) groups is 1. The fourth-order valence-corrected chi connectivity index (χ4v) is 3.65. The maximum Gasteiger partial charge on any atom is 0.339 e. The van der Waals surface area contributed by atoms with Crippen LogP contribution in [0.1, 0.15) is 29.6 Å². The molecule has 78 valence electrons. The maximum absolute atomic E-state index is 11.8. The van der Waals surface area contributed by atoms with E-state index in [2.05, 4.69) is 0 Å². The van der Waals surface area contributed by atoms with Crippen molar-refractivity contribution >= 4 is 17.7 Å². The zero-order valence-corrected chi connectivity index (χ0v) is 9.13. The van der Waals surface area contributed by atoms with Gasteiger partial charge in [-0.25, -0.2) is 4.79 Å². The van der Waals surface area contributed by atoms with Gasteiger partial charge < -0.3 is 4.74 Å². The number of thioether (sulfide) groups is 1. The first-order chi connectivity index (χ1) is 7.34. The average Bonchev–Trinajstić information content (AvgIpc) is 2.61. The van der Waals surface area contributed by atoms with E-state index in [1.54, 1.807) is 11.8 Å². The van der Waals surface area contributed by atoms with Crippen molar-refractivity contribution in [2.45, 2.75) is 35.5 Å². The van der Waals surface area contributed by atoms with E-state index in [0.717, 1.165) is 23.3 Å². The highest BCUT2D eigenvalue weighted by molar-refractivity contribution is 8.00. The maximum atomic E-state index is 11.8. The molecule has 0 amide bonds. The first kappa shape index (κ1) is 9.28. The number of benzene rings is 1. The predicted molar refractivity (Wildman–Crippen MR) is 59.1 cm³/mol. The molecule has 1 aromatic rings. The molecule has 1 aliphatic carbocycles. The van der Waals surface area contributed by atoms with Crippen LogP contribution in [0.3, 0.4) is 0 Å². The summed E-state index contributed by atoms with van der Waals surface area (Å²) >= 11 is 1.81. The minimum Gasteiger partial charge on any atom is -0.458 e. The SMILES string of the molecule is O=C1O[C@@H]2CCC[C@H]2Sc2ccccc21. The van der Waals surface area contributed by atoms with Crippen molar-refractivity contribution in [3.05, 3.63) is 29.8 Å². The van der Waals surface area contributed by atoms with Crippen molar-refractivity contribution in [2.24, 2.45) is 0 Å². The van der Waals surface area contributed by atoms with Crippen molar-refractivity contribution in [2.75, 3.05) is 0 Å². The molecule has 1 saturated carbocycles. The minimum atomic E-state index is -0.146. The Morgan fingerprint density at radius 1 is 1.27 bits per heavy atom. The molecule has 2 aliphatic rings. The lowest BCUT2D eigenvalue weighted by atomic mass is 10.2. The molecule has 0 N–H and O–H groups in total. The molecule has 0 spiro atoms. The van der Waals surface area contributed by atoms with Crippen molar-refractivity contribution in [3.63, 3.8) is 0 Å². The summed E-state index contributed by atoms with van der Waals surface area (Å²) in [5, 5.41) is 0.470. The Morgan fingerprint density at radius 2 is 2.13 bits per heavy atom. The largest absolute Gasteiger partial charge is 0.458 e. The molecule has 1 aliphatic heterocycles. The number of fused-ring (bicyclic) bond motifs is 2. The standard InChI is InChI=1S/C12H12O2S/c13-12-8-4-1-2-6-10(8)15-11-7-3-5-9(11)14-12/h1-2,4,6,9,11H,3,5,7H2/t9-,11-/m1/s1. The van der Waals surface area contributed by atoms with Gasteiger partial charge in [-0.2, -0.15) is 0 Å². The highest BCUT2D eigenvalue weighted by atomic mass is 32.2. The molecule has 0 bridgehead atoms. The summed E-state index contributed by atoms with van der Waals surface area (Å²) in [6, 6.07) is 7.74. The van der Waals surface area contributed by atoms with Crippen LogP contribution in [-0.2, 0) is 4.74 Å². The van der Waals surface area contributed by atoms with Crippen molar-refractivity contribution in [3.8, 4) is 0 Å². The van der Waals surface area contributed by atoms with E-state index < -0.39 is 0 Å². The quantitative estimate of drug-likeness (QED) is 0.629. The van der Waals surface area contributed by atoms with Gasteiger partial charge in [0, 0.05) is 10.1 Å². The molecule has 1 heterocycles. The van der Waals surface area contributed by atoms with Crippen molar-refractivity contribution in [1.29, 1.82) is 0 Å². The van der Waals surface area contributed by atoms with Crippen molar-refractivity contribution < 1.29 is 9.53 Å². The van der Waals surface area contributed by atoms with E-state index in [-0.39, 0.29) is 12.1 Å². The van der Waals surface area contributed by atoms with Crippen LogP contribution < -0.4 is 0 Å². The first-order valence-corrected chi connectivity index (χ1v) is 6.19. The van der Waals surface area contributed by atoms with Gasteiger partial charge in [0.15, 0.2) is 0 Å². The minimum absolute atomic E-state index is 0.134. The fourth-order valence-electron chi connectivity index (χ4n) is 2.26. The van der Waals surface area contributed by atoms with Crippen LogP contribution >= 0.6 is 11.8 Å². The second-order valence-corrected chi connectivity index (χ2v) is 5.31. The van der Waals surface area contributed by atoms with E-state index in [9.17, 15) is 4.79 Å². The van der Waals surface area contributed by atoms with Gasteiger partial charge in [-0.3, -0.25) is 0 Å². The van der Waals surface area contributed by atoms with E-state index in [0.29, 0.717) is 5.25 Å². The van der Waals surface area contributed by atoms with E-state index in [1.807, 2.05) is 24.3 Å². The smallest absolute Gasteiger partial charge is 0.339 e. The van der Waals surface area contributed by atoms with Crippen LogP contribution in [0.5, 0.6) is 0 Å². The molecule has 3 heteroatoms. The first-order valence-electron chi connectivity index (χ1n) is 5.31. The van der Waals surface area contributed by atoms with E-state index in [1.165, 1.54) is 6.42 Å². The Morgan fingerprint density at radius 3 is 3.07 bits per heavy atom. The number of carbonyl (C=O) groups excluding carboxylic acids is 1. The van der Waals surface area contributed by atoms with E-state index in [4.69, 9.17) is 4.74 Å². The van der Waals surface area contributed by atoms with Crippen LogP contribution in [0.15, 0.2) is 29.2 Å². The predicted octanol–water partition coefficient (Wildman–Crippen LogP) is 2.87. The average molecular weight is 220 g/mol. The summed E-state index contributed by atoms with van der Waals surface area (Å²) in [5.41, 5.74) is 0.733. The van der Waals surface area contributed by atoms with Gasteiger partial charge in [0.05, 0.1) is 5.56 Å². The lowest BCUT2D eigenvalue weighted by Crippen LogP contribution is -2.21. The zero-order valence-electron chi connectivity index (χ0n) is 8.31. The molecule has 0 radical (unpaired) electrons. The Kier molecular flexibility index (Phi) is 2.20. The molecule has 0 aromatic heterocycles. The van der Waals surface area contributed by atoms with Crippen LogP contribution in [-0.4, -0.2) is 17.3 Å². The Labute approximate surface area is 93.0 Å². The Hall–Kier alpha value is -0.960. The van der Waals surface area contributed by atoms with Crippen LogP contribution in [0.25, 0.3) is 0 Å². The summed E-state index contributed by atoms with van der Waals surface area (Å²) in [6.07, 6.45) is 3.50.